The molecular weight excluding hydrogens is 220 g/mol. The third-order valence-corrected chi connectivity index (χ3v) is 2.42. The zero-order valence-electron chi connectivity index (χ0n) is 9.48. The number of morpholine rings is 1. The summed E-state index contributed by atoms with van der Waals surface area (Å²) in [5.74, 6) is 0. The number of carbonyl (C=O) groups excluding carboxylic acids is 1. The van der Waals surface area contributed by atoms with Gasteiger partial charge in [0.2, 0.25) is 0 Å². The number of hydrogen-bond donors (Lipinski definition) is 3. The summed E-state index contributed by atoms with van der Waals surface area (Å²) in [6, 6.07) is 6.79. The van der Waals surface area contributed by atoms with Gasteiger partial charge in [0.25, 0.3) is 0 Å². The van der Waals surface area contributed by atoms with Crippen molar-refractivity contribution in [2.75, 3.05) is 37.4 Å². The topological polar surface area (TPSA) is 79.6 Å². The number of carbonyl (C=O) groups is 1. The van der Waals surface area contributed by atoms with Crippen LogP contribution in [0.3, 0.4) is 0 Å². The Bertz CT molecular complexity index is 391. The van der Waals surface area contributed by atoms with Crippen molar-refractivity contribution in [1.29, 1.82) is 0 Å². The van der Waals surface area contributed by atoms with Gasteiger partial charge in [-0.05, 0) is 18.2 Å². The molecular formula is C11H16N4O2. The number of ether oxygens (including phenoxy) is 1. The van der Waals surface area contributed by atoms with E-state index in [0.29, 0.717) is 37.7 Å². The number of nitrogen functional groups attached to an aromatic ring is 1. The van der Waals surface area contributed by atoms with Crippen LogP contribution in [0.15, 0.2) is 24.3 Å². The molecule has 1 aliphatic rings. The molecule has 0 radical (unpaired) electrons. The standard InChI is InChI=1S/C11H16N4O2/c12-9-2-1-3-10(8-9)13-11(16)14-15-4-6-17-7-5-15/h1-3,8H,4-7,12H2,(H2,13,14,16). The lowest BCUT2D eigenvalue weighted by molar-refractivity contribution is 0.0207. The molecule has 2 amide bonds. The number of hydrogen-bond acceptors (Lipinski definition) is 4. The van der Waals surface area contributed by atoms with Crippen molar-refractivity contribution in [2.45, 2.75) is 0 Å². The number of urea groups is 1. The minimum atomic E-state index is -0.266. The fourth-order valence-corrected chi connectivity index (χ4v) is 1.59. The molecule has 1 aromatic carbocycles. The van der Waals surface area contributed by atoms with Crippen molar-refractivity contribution < 1.29 is 9.53 Å². The first-order valence-corrected chi connectivity index (χ1v) is 5.50. The van der Waals surface area contributed by atoms with Gasteiger partial charge < -0.3 is 15.8 Å². The predicted molar refractivity (Wildman–Crippen MR) is 65.4 cm³/mol. The summed E-state index contributed by atoms with van der Waals surface area (Å²) < 4.78 is 5.19. The van der Waals surface area contributed by atoms with Gasteiger partial charge >= 0.3 is 6.03 Å². The van der Waals surface area contributed by atoms with Gasteiger partial charge in [-0.3, -0.25) is 5.43 Å². The first-order valence-electron chi connectivity index (χ1n) is 5.50. The summed E-state index contributed by atoms with van der Waals surface area (Å²) in [6.07, 6.45) is 0. The molecule has 0 aromatic heterocycles. The summed E-state index contributed by atoms with van der Waals surface area (Å²) in [5.41, 5.74) is 9.67. The molecule has 1 aromatic rings. The molecule has 0 aliphatic carbocycles. The second-order valence-electron chi connectivity index (χ2n) is 3.79. The maximum absolute atomic E-state index is 11.6. The van der Waals surface area contributed by atoms with Gasteiger partial charge in [-0.15, -0.1) is 0 Å². The third-order valence-electron chi connectivity index (χ3n) is 2.42. The monoisotopic (exact) mass is 236 g/mol. The molecule has 17 heavy (non-hydrogen) atoms. The van der Waals surface area contributed by atoms with Crippen LogP contribution in [0.2, 0.25) is 0 Å². The highest BCUT2D eigenvalue weighted by molar-refractivity contribution is 5.89. The molecule has 1 aliphatic heterocycles. The molecule has 1 fully saturated rings. The molecule has 4 N–H and O–H groups in total. The third kappa shape index (κ3) is 3.61. The number of rotatable bonds is 2. The fourth-order valence-electron chi connectivity index (χ4n) is 1.59. The molecule has 1 heterocycles. The SMILES string of the molecule is Nc1cccc(NC(=O)NN2CCOCC2)c1. The van der Waals surface area contributed by atoms with Crippen LogP contribution in [-0.4, -0.2) is 37.3 Å². The molecule has 1 saturated heterocycles. The number of anilines is 2. The average Bonchev–Trinajstić information content (AvgIpc) is 2.30. The normalized spacial score (nSPS) is 16.5. The molecule has 0 spiro atoms. The van der Waals surface area contributed by atoms with Gasteiger partial charge in [-0.25, -0.2) is 9.80 Å². The largest absolute Gasteiger partial charge is 0.399 e. The minimum Gasteiger partial charge on any atom is -0.399 e. The van der Waals surface area contributed by atoms with E-state index in [-0.39, 0.29) is 6.03 Å². The number of nitrogens with zero attached hydrogens (tertiary/aromatic N) is 1. The molecule has 2 rings (SSSR count). The van der Waals surface area contributed by atoms with Gasteiger partial charge in [-0.2, -0.15) is 0 Å². The van der Waals surface area contributed by atoms with Crippen LogP contribution in [-0.2, 0) is 4.74 Å². The first kappa shape index (κ1) is 11.7. The Kier molecular flexibility index (Phi) is 3.79. The van der Waals surface area contributed by atoms with E-state index in [0.717, 1.165) is 0 Å². The van der Waals surface area contributed by atoms with E-state index in [2.05, 4.69) is 10.7 Å². The van der Waals surface area contributed by atoms with Crippen LogP contribution in [0.1, 0.15) is 0 Å². The maximum Gasteiger partial charge on any atom is 0.333 e. The van der Waals surface area contributed by atoms with E-state index < -0.39 is 0 Å². The maximum atomic E-state index is 11.6. The van der Waals surface area contributed by atoms with Crippen molar-refractivity contribution in [3.05, 3.63) is 24.3 Å². The van der Waals surface area contributed by atoms with Crippen molar-refractivity contribution in [3.63, 3.8) is 0 Å². The number of amides is 2. The molecule has 6 heteroatoms. The van der Waals surface area contributed by atoms with E-state index in [9.17, 15) is 4.79 Å². The molecule has 92 valence electrons. The zero-order chi connectivity index (χ0) is 12.1. The fraction of sp³-hybridized carbons (Fsp3) is 0.364. The van der Waals surface area contributed by atoms with Crippen LogP contribution in [0.4, 0.5) is 16.2 Å². The Hall–Kier alpha value is -1.79. The first-order chi connectivity index (χ1) is 8.24. The van der Waals surface area contributed by atoms with Gasteiger partial charge in [0.15, 0.2) is 0 Å². The van der Waals surface area contributed by atoms with Crippen molar-refractivity contribution >= 4 is 17.4 Å². The van der Waals surface area contributed by atoms with Crippen LogP contribution in [0.25, 0.3) is 0 Å². The molecule has 6 nitrogen and oxygen atoms in total. The molecule has 0 atom stereocenters. The number of benzene rings is 1. The second kappa shape index (κ2) is 5.51. The van der Waals surface area contributed by atoms with Gasteiger partial charge in [0.1, 0.15) is 0 Å². The Morgan fingerprint density at radius 3 is 2.82 bits per heavy atom. The summed E-state index contributed by atoms with van der Waals surface area (Å²) >= 11 is 0. The van der Waals surface area contributed by atoms with Crippen LogP contribution in [0, 0.1) is 0 Å². The van der Waals surface area contributed by atoms with E-state index in [4.69, 9.17) is 10.5 Å². The van der Waals surface area contributed by atoms with Crippen LogP contribution in [0.5, 0.6) is 0 Å². The highest BCUT2D eigenvalue weighted by Crippen LogP contribution is 2.11. The Morgan fingerprint density at radius 1 is 1.35 bits per heavy atom. The summed E-state index contributed by atoms with van der Waals surface area (Å²) in [7, 11) is 0. The highest BCUT2D eigenvalue weighted by Gasteiger charge is 2.12. The predicted octanol–water partition coefficient (Wildman–Crippen LogP) is 0.637. The van der Waals surface area contributed by atoms with Crippen LogP contribution < -0.4 is 16.5 Å². The van der Waals surface area contributed by atoms with E-state index in [1.54, 1.807) is 24.3 Å². The van der Waals surface area contributed by atoms with E-state index >= 15 is 0 Å². The number of hydrazine groups is 1. The lowest BCUT2D eigenvalue weighted by Crippen LogP contribution is -2.49. The van der Waals surface area contributed by atoms with Gasteiger partial charge in [0, 0.05) is 24.5 Å². The molecule has 0 saturated carbocycles. The van der Waals surface area contributed by atoms with E-state index in [1.807, 2.05) is 5.01 Å². The molecule has 0 bridgehead atoms. The number of nitrogens with two attached hydrogens (primary N) is 1. The lowest BCUT2D eigenvalue weighted by Gasteiger charge is -2.26. The van der Waals surface area contributed by atoms with E-state index in [1.165, 1.54) is 0 Å². The summed E-state index contributed by atoms with van der Waals surface area (Å²) in [4.78, 5) is 11.6. The zero-order valence-corrected chi connectivity index (χ0v) is 9.48. The Labute approximate surface area is 99.7 Å². The average molecular weight is 236 g/mol. The molecule has 0 unspecified atom stereocenters. The summed E-state index contributed by atoms with van der Waals surface area (Å²) in [6.45, 7) is 2.67. The van der Waals surface area contributed by atoms with Gasteiger partial charge in [-0.1, -0.05) is 6.07 Å². The van der Waals surface area contributed by atoms with Gasteiger partial charge in [0.05, 0.1) is 13.2 Å². The van der Waals surface area contributed by atoms with Crippen LogP contribution >= 0.6 is 0 Å². The number of nitrogens with one attached hydrogen (secondary N) is 2. The summed E-state index contributed by atoms with van der Waals surface area (Å²) in [5, 5.41) is 4.54. The second-order valence-corrected chi connectivity index (χ2v) is 3.79. The van der Waals surface area contributed by atoms with Crippen molar-refractivity contribution in [3.8, 4) is 0 Å². The quantitative estimate of drug-likeness (QED) is 0.658. The smallest absolute Gasteiger partial charge is 0.333 e. The lowest BCUT2D eigenvalue weighted by atomic mass is 10.3. The minimum absolute atomic E-state index is 0.266. The Morgan fingerprint density at radius 2 is 2.12 bits per heavy atom. The van der Waals surface area contributed by atoms with Crippen molar-refractivity contribution in [2.24, 2.45) is 0 Å². The highest BCUT2D eigenvalue weighted by atomic mass is 16.5. The Balaban J connectivity index is 1.84. The van der Waals surface area contributed by atoms with Crippen molar-refractivity contribution in [1.82, 2.24) is 10.4 Å².